The van der Waals surface area contributed by atoms with Gasteiger partial charge >= 0.3 is 0 Å². The summed E-state index contributed by atoms with van der Waals surface area (Å²) in [7, 11) is 0. The Morgan fingerprint density at radius 1 is 1.11 bits per heavy atom. The van der Waals surface area contributed by atoms with Gasteiger partial charge in [0.2, 0.25) is 11.1 Å². The lowest BCUT2D eigenvalue weighted by Crippen LogP contribution is -2.17. The van der Waals surface area contributed by atoms with Crippen LogP contribution in [0, 0.1) is 0 Å². The number of para-hydroxylation sites is 2. The highest BCUT2D eigenvalue weighted by atomic mass is 79.9. The first-order valence-corrected chi connectivity index (χ1v) is 12.8. The minimum absolute atomic E-state index is 0.107. The van der Waals surface area contributed by atoms with Gasteiger partial charge in [0.1, 0.15) is 12.4 Å². The van der Waals surface area contributed by atoms with Crippen LogP contribution in [-0.4, -0.2) is 32.7 Å². The first-order chi connectivity index (χ1) is 17.5. The molecule has 0 saturated carbocycles. The maximum Gasteiger partial charge on any atom is 0.264 e. The van der Waals surface area contributed by atoms with Crippen molar-refractivity contribution < 1.29 is 9.53 Å². The number of amides is 1. The largest absolute Gasteiger partial charge is 0.488 e. The molecular weight excluding hydrogens is 566 g/mol. The second-order valence-corrected chi connectivity index (χ2v) is 9.48. The normalized spacial score (nSPS) is 10.9. The standard InChI is InChI=1S/C24H21BrClN7O2S/c25-18-9-3-5-11-20(18)29-22(34)15-36-24-32-31-23(33(24)27)30-28-13-16-7-2-6-12-21(16)35-14-17-8-1-4-10-19(17)26/h1-13H,14-15,27H2,(H,29,34)(H,30,31)/b28-13+. The fraction of sp³-hybridized carbons (Fsp3) is 0.0833. The molecule has 0 spiro atoms. The van der Waals surface area contributed by atoms with Gasteiger partial charge in [-0.15, -0.1) is 10.2 Å². The van der Waals surface area contributed by atoms with Gasteiger partial charge in [-0.2, -0.15) is 5.10 Å². The van der Waals surface area contributed by atoms with E-state index < -0.39 is 0 Å². The number of nitrogens with zero attached hydrogens (tertiary/aromatic N) is 4. The summed E-state index contributed by atoms with van der Waals surface area (Å²) in [6.45, 7) is 0.324. The molecule has 0 aliphatic heterocycles. The van der Waals surface area contributed by atoms with Crippen LogP contribution in [0.1, 0.15) is 11.1 Å². The molecule has 1 amide bonds. The van der Waals surface area contributed by atoms with E-state index in [0.29, 0.717) is 28.2 Å². The lowest BCUT2D eigenvalue weighted by Gasteiger charge is -2.10. The summed E-state index contributed by atoms with van der Waals surface area (Å²) in [6, 6.07) is 22.3. The van der Waals surface area contributed by atoms with Crippen molar-refractivity contribution in [1.29, 1.82) is 0 Å². The van der Waals surface area contributed by atoms with Crippen LogP contribution in [0.5, 0.6) is 5.75 Å². The van der Waals surface area contributed by atoms with Gasteiger partial charge in [-0.1, -0.05) is 65.8 Å². The first-order valence-electron chi connectivity index (χ1n) is 10.6. The molecule has 184 valence electrons. The van der Waals surface area contributed by atoms with E-state index in [1.54, 1.807) is 12.3 Å². The molecule has 0 radical (unpaired) electrons. The lowest BCUT2D eigenvalue weighted by molar-refractivity contribution is -0.113. The quantitative estimate of drug-likeness (QED) is 0.102. The van der Waals surface area contributed by atoms with Crippen LogP contribution >= 0.6 is 39.3 Å². The second kappa shape index (κ2) is 12.4. The molecule has 0 saturated heterocycles. The van der Waals surface area contributed by atoms with Crippen molar-refractivity contribution in [2.75, 3.05) is 22.3 Å². The van der Waals surface area contributed by atoms with Gasteiger partial charge in [0.15, 0.2) is 0 Å². The summed E-state index contributed by atoms with van der Waals surface area (Å²) in [5, 5.41) is 16.0. The van der Waals surface area contributed by atoms with Crippen molar-refractivity contribution >= 4 is 63.1 Å². The molecule has 0 aliphatic carbocycles. The Hall–Kier alpha value is -3.54. The number of rotatable bonds is 10. The first kappa shape index (κ1) is 25.5. The maximum atomic E-state index is 12.3. The summed E-state index contributed by atoms with van der Waals surface area (Å²) < 4.78 is 7.96. The molecular formula is C24H21BrClN7O2S. The molecule has 0 atom stereocenters. The highest BCUT2D eigenvalue weighted by Gasteiger charge is 2.13. The van der Waals surface area contributed by atoms with Gasteiger partial charge in [0.25, 0.3) is 5.95 Å². The van der Waals surface area contributed by atoms with Crippen LogP contribution in [-0.2, 0) is 11.4 Å². The molecule has 1 aromatic heterocycles. The van der Waals surface area contributed by atoms with Crippen molar-refractivity contribution in [3.63, 3.8) is 0 Å². The zero-order valence-corrected chi connectivity index (χ0v) is 21.9. The monoisotopic (exact) mass is 585 g/mol. The highest BCUT2D eigenvalue weighted by Crippen LogP contribution is 2.23. The zero-order chi connectivity index (χ0) is 25.3. The summed E-state index contributed by atoms with van der Waals surface area (Å²) in [4.78, 5) is 12.3. The number of thioether (sulfide) groups is 1. The van der Waals surface area contributed by atoms with E-state index >= 15 is 0 Å². The summed E-state index contributed by atoms with van der Waals surface area (Å²) in [6.07, 6.45) is 1.59. The van der Waals surface area contributed by atoms with Crippen LogP contribution in [0.15, 0.2) is 87.5 Å². The molecule has 4 N–H and O–H groups in total. The van der Waals surface area contributed by atoms with Crippen molar-refractivity contribution in [2.45, 2.75) is 11.8 Å². The van der Waals surface area contributed by atoms with Gasteiger partial charge in [-0.05, 0) is 46.3 Å². The third-order valence-electron chi connectivity index (χ3n) is 4.77. The molecule has 0 fully saturated rings. The number of benzene rings is 3. The van der Waals surface area contributed by atoms with Gasteiger partial charge in [-0.25, -0.2) is 10.1 Å². The maximum absolute atomic E-state index is 12.3. The molecule has 0 bridgehead atoms. The van der Waals surface area contributed by atoms with E-state index in [4.69, 9.17) is 22.2 Å². The number of aromatic nitrogens is 3. The number of hydrogen-bond acceptors (Lipinski definition) is 8. The Labute approximate surface area is 225 Å². The Morgan fingerprint density at radius 2 is 1.86 bits per heavy atom. The molecule has 0 aliphatic rings. The van der Waals surface area contributed by atoms with Gasteiger partial charge in [0.05, 0.1) is 17.7 Å². The minimum Gasteiger partial charge on any atom is -0.488 e. The number of carbonyl (C=O) groups is 1. The number of nitrogen functional groups attached to an aromatic ring is 1. The van der Waals surface area contributed by atoms with Crippen LogP contribution in [0.3, 0.4) is 0 Å². The Morgan fingerprint density at radius 3 is 2.69 bits per heavy atom. The average molecular weight is 587 g/mol. The van der Waals surface area contributed by atoms with Crippen molar-refractivity contribution in [2.24, 2.45) is 5.10 Å². The van der Waals surface area contributed by atoms with E-state index in [0.717, 1.165) is 27.4 Å². The molecule has 0 unspecified atom stereocenters. The summed E-state index contributed by atoms with van der Waals surface area (Å²) in [5.41, 5.74) is 5.08. The number of ether oxygens (including phenoxy) is 1. The van der Waals surface area contributed by atoms with E-state index in [1.807, 2.05) is 66.7 Å². The Balaban J connectivity index is 1.32. The van der Waals surface area contributed by atoms with E-state index in [2.05, 4.69) is 42.0 Å². The van der Waals surface area contributed by atoms with E-state index in [9.17, 15) is 4.79 Å². The van der Waals surface area contributed by atoms with Crippen LogP contribution in [0.4, 0.5) is 11.6 Å². The van der Waals surface area contributed by atoms with Crippen molar-refractivity contribution in [3.8, 4) is 5.75 Å². The topological polar surface area (TPSA) is 119 Å². The Bertz CT molecular complexity index is 1380. The summed E-state index contributed by atoms with van der Waals surface area (Å²) >= 11 is 10.8. The number of hydrogen-bond donors (Lipinski definition) is 3. The SMILES string of the molecule is Nn1c(N/N=C/c2ccccc2OCc2ccccc2Cl)nnc1SCC(=O)Nc1ccccc1Br. The molecule has 4 aromatic rings. The third kappa shape index (κ3) is 6.78. The molecule has 12 heteroatoms. The highest BCUT2D eigenvalue weighted by molar-refractivity contribution is 9.10. The molecule has 36 heavy (non-hydrogen) atoms. The molecule has 1 heterocycles. The lowest BCUT2D eigenvalue weighted by atomic mass is 10.2. The smallest absolute Gasteiger partial charge is 0.264 e. The number of carbonyl (C=O) groups excluding carboxylic acids is 1. The third-order valence-corrected chi connectivity index (χ3v) is 6.78. The van der Waals surface area contributed by atoms with Crippen molar-refractivity contribution in [3.05, 3.63) is 93.4 Å². The van der Waals surface area contributed by atoms with Gasteiger partial charge in [-0.3, -0.25) is 4.79 Å². The van der Waals surface area contributed by atoms with E-state index in [1.165, 1.54) is 4.68 Å². The fourth-order valence-electron chi connectivity index (χ4n) is 2.98. The zero-order valence-electron chi connectivity index (χ0n) is 18.8. The summed E-state index contributed by atoms with van der Waals surface area (Å²) in [5.74, 6) is 6.83. The van der Waals surface area contributed by atoms with Crippen LogP contribution in [0.25, 0.3) is 0 Å². The Kier molecular flexibility index (Phi) is 8.82. The minimum atomic E-state index is -0.198. The predicted molar refractivity (Wildman–Crippen MR) is 147 cm³/mol. The van der Waals surface area contributed by atoms with Gasteiger partial charge in [0, 0.05) is 20.6 Å². The number of nitrogens with two attached hydrogens (primary N) is 1. The number of hydrazone groups is 1. The number of nitrogens with one attached hydrogen (secondary N) is 2. The molecule has 9 nitrogen and oxygen atoms in total. The average Bonchev–Trinajstić information content (AvgIpc) is 3.23. The molecule has 4 rings (SSSR count). The molecule has 3 aromatic carbocycles. The van der Waals surface area contributed by atoms with Crippen molar-refractivity contribution in [1.82, 2.24) is 14.9 Å². The number of halogens is 2. The van der Waals surface area contributed by atoms with Gasteiger partial charge < -0.3 is 15.9 Å². The van der Waals surface area contributed by atoms with Crippen LogP contribution < -0.4 is 21.3 Å². The second-order valence-electron chi connectivity index (χ2n) is 7.28. The van der Waals surface area contributed by atoms with E-state index in [-0.39, 0.29) is 17.6 Å². The number of anilines is 2. The fourth-order valence-corrected chi connectivity index (χ4v) is 4.21. The van der Waals surface area contributed by atoms with Crippen LogP contribution in [0.2, 0.25) is 5.02 Å². The predicted octanol–water partition coefficient (Wildman–Crippen LogP) is 5.16.